The lowest BCUT2D eigenvalue weighted by molar-refractivity contribution is 0.226. The van der Waals surface area contributed by atoms with E-state index < -0.39 is 10.0 Å². The molecule has 0 aromatic carbocycles. The average Bonchev–Trinajstić information content (AvgIpc) is 2.48. The highest BCUT2D eigenvalue weighted by Gasteiger charge is 2.32. The van der Waals surface area contributed by atoms with Gasteiger partial charge >= 0.3 is 0 Å². The molecule has 5 nitrogen and oxygen atoms in total. The molecular formula is C15H25N3O2S. The van der Waals surface area contributed by atoms with Crippen LogP contribution >= 0.6 is 0 Å². The number of anilines is 1. The maximum absolute atomic E-state index is 12.8. The van der Waals surface area contributed by atoms with E-state index in [0.717, 1.165) is 12.8 Å². The summed E-state index contributed by atoms with van der Waals surface area (Å²) >= 11 is 0. The molecule has 1 aliphatic heterocycles. The van der Waals surface area contributed by atoms with Crippen molar-refractivity contribution in [1.29, 1.82) is 0 Å². The Labute approximate surface area is 127 Å². The molecule has 1 N–H and O–H groups in total. The standard InChI is InChI=1S/C15H25N3O2S/c1-4-16-14-6-5-9-17-15(14)21(19,20)18-10-7-13(8-11-18)12(2)3/h5-6,9,12-13,16H,4,7-8,10-11H2,1-3H3. The zero-order valence-corrected chi connectivity index (χ0v) is 13.9. The fourth-order valence-electron chi connectivity index (χ4n) is 2.83. The molecule has 0 aliphatic carbocycles. The zero-order valence-electron chi connectivity index (χ0n) is 13.0. The van der Waals surface area contributed by atoms with Gasteiger partial charge in [-0.05, 0) is 43.7 Å². The summed E-state index contributed by atoms with van der Waals surface area (Å²) in [6, 6.07) is 3.52. The van der Waals surface area contributed by atoms with Crippen molar-refractivity contribution in [3.63, 3.8) is 0 Å². The zero-order chi connectivity index (χ0) is 15.5. The van der Waals surface area contributed by atoms with E-state index in [-0.39, 0.29) is 5.03 Å². The highest BCUT2D eigenvalue weighted by atomic mass is 32.2. The van der Waals surface area contributed by atoms with Gasteiger partial charge in [0.1, 0.15) is 0 Å². The van der Waals surface area contributed by atoms with Crippen LogP contribution in [-0.4, -0.2) is 37.3 Å². The van der Waals surface area contributed by atoms with E-state index in [1.807, 2.05) is 6.92 Å². The number of sulfonamides is 1. The van der Waals surface area contributed by atoms with Gasteiger partial charge in [-0.15, -0.1) is 0 Å². The first kappa shape index (κ1) is 16.2. The number of piperidine rings is 1. The molecule has 0 atom stereocenters. The first-order valence-corrected chi connectivity index (χ1v) is 9.09. The fraction of sp³-hybridized carbons (Fsp3) is 0.667. The van der Waals surface area contributed by atoms with Gasteiger partial charge in [0.15, 0.2) is 5.03 Å². The second-order valence-electron chi connectivity index (χ2n) is 5.87. The Balaban J connectivity index is 2.20. The van der Waals surface area contributed by atoms with E-state index in [4.69, 9.17) is 0 Å². The summed E-state index contributed by atoms with van der Waals surface area (Å²) in [5, 5.41) is 3.23. The van der Waals surface area contributed by atoms with Gasteiger partial charge in [0, 0.05) is 25.8 Å². The van der Waals surface area contributed by atoms with Crippen molar-refractivity contribution in [3.8, 4) is 0 Å². The minimum absolute atomic E-state index is 0.148. The van der Waals surface area contributed by atoms with Crippen molar-refractivity contribution in [2.24, 2.45) is 11.8 Å². The van der Waals surface area contributed by atoms with E-state index in [0.29, 0.717) is 37.2 Å². The molecule has 0 unspecified atom stereocenters. The molecule has 1 aromatic rings. The van der Waals surface area contributed by atoms with Crippen molar-refractivity contribution in [3.05, 3.63) is 18.3 Å². The van der Waals surface area contributed by atoms with E-state index in [1.165, 1.54) is 6.20 Å². The van der Waals surface area contributed by atoms with Crippen LogP contribution in [0.5, 0.6) is 0 Å². The van der Waals surface area contributed by atoms with Crippen molar-refractivity contribution in [2.45, 2.75) is 38.6 Å². The molecule has 2 rings (SSSR count). The number of nitrogens with one attached hydrogen (secondary N) is 1. The number of aromatic nitrogens is 1. The molecule has 1 saturated heterocycles. The Hall–Kier alpha value is -1.14. The van der Waals surface area contributed by atoms with Gasteiger partial charge in [-0.1, -0.05) is 13.8 Å². The molecule has 0 bridgehead atoms. The quantitative estimate of drug-likeness (QED) is 0.908. The minimum Gasteiger partial charge on any atom is -0.383 e. The summed E-state index contributed by atoms with van der Waals surface area (Å²) in [7, 11) is -3.50. The van der Waals surface area contributed by atoms with Gasteiger partial charge in [-0.3, -0.25) is 0 Å². The second-order valence-corrected chi connectivity index (χ2v) is 7.73. The highest BCUT2D eigenvalue weighted by Crippen LogP contribution is 2.29. The van der Waals surface area contributed by atoms with Gasteiger partial charge < -0.3 is 5.32 Å². The Morgan fingerprint density at radius 3 is 2.62 bits per heavy atom. The molecule has 1 fully saturated rings. The normalized spacial score (nSPS) is 18.1. The molecule has 6 heteroatoms. The van der Waals surface area contributed by atoms with Crippen molar-refractivity contribution < 1.29 is 8.42 Å². The molecule has 0 amide bonds. The molecule has 21 heavy (non-hydrogen) atoms. The molecule has 0 radical (unpaired) electrons. The lowest BCUT2D eigenvalue weighted by atomic mass is 9.87. The summed E-state index contributed by atoms with van der Waals surface area (Å²) < 4.78 is 27.1. The molecule has 0 spiro atoms. The topological polar surface area (TPSA) is 62.3 Å². The minimum atomic E-state index is -3.50. The van der Waals surface area contributed by atoms with Crippen LogP contribution in [0, 0.1) is 11.8 Å². The van der Waals surface area contributed by atoms with Gasteiger partial charge in [-0.2, -0.15) is 4.31 Å². The summed E-state index contributed by atoms with van der Waals surface area (Å²) in [5.74, 6) is 1.23. The summed E-state index contributed by atoms with van der Waals surface area (Å²) in [6.07, 6.45) is 3.40. The maximum atomic E-state index is 12.8. The monoisotopic (exact) mass is 311 g/mol. The SMILES string of the molecule is CCNc1cccnc1S(=O)(=O)N1CCC(C(C)C)CC1. The summed E-state index contributed by atoms with van der Waals surface area (Å²) in [6.45, 7) is 8.20. The number of hydrogen-bond acceptors (Lipinski definition) is 4. The van der Waals surface area contributed by atoms with E-state index >= 15 is 0 Å². The Morgan fingerprint density at radius 1 is 1.38 bits per heavy atom. The summed E-state index contributed by atoms with van der Waals surface area (Å²) in [5.41, 5.74) is 0.589. The first-order chi connectivity index (χ1) is 9.96. The van der Waals surface area contributed by atoms with E-state index in [1.54, 1.807) is 16.4 Å². The Bertz CT molecular complexity index is 564. The van der Waals surface area contributed by atoms with Crippen LogP contribution in [-0.2, 0) is 10.0 Å². The number of nitrogens with zero attached hydrogens (tertiary/aromatic N) is 2. The smallest absolute Gasteiger partial charge is 0.262 e. The largest absolute Gasteiger partial charge is 0.383 e. The molecule has 0 saturated carbocycles. The van der Waals surface area contributed by atoms with Crippen LogP contribution in [0.2, 0.25) is 0 Å². The van der Waals surface area contributed by atoms with Gasteiger partial charge in [0.2, 0.25) is 0 Å². The first-order valence-electron chi connectivity index (χ1n) is 7.65. The van der Waals surface area contributed by atoms with Crippen LogP contribution in [0.15, 0.2) is 23.4 Å². The van der Waals surface area contributed by atoms with Crippen LogP contribution < -0.4 is 5.32 Å². The van der Waals surface area contributed by atoms with Gasteiger partial charge in [-0.25, -0.2) is 13.4 Å². The summed E-state index contributed by atoms with van der Waals surface area (Å²) in [4.78, 5) is 4.11. The molecule has 2 heterocycles. The third-order valence-corrected chi connectivity index (χ3v) is 6.02. The Morgan fingerprint density at radius 2 is 2.05 bits per heavy atom. The Kier molecular flexibility index (Phi) is 5.22. The lowest BCUT2D eigenvalue weighted by Gasteiger charge is -2.33. The predicted octanol–water partition coefficient (Wildman–Crippen LogP) is 2.57. The third-order valence-electron chi connectivity index (χ3n) is 4.16. The van der Waals surface area contributed by atoms with Gasteiger partial charge in [0.05, 0.1) is 5.69 Å². The molecule has 1 aliphatic rings. The molecule has 1 aromatic heterocycles. The van der Waals surface area contributed by atoms with Crippen molar-refractivity contribution in [1.82, 2.24) is 9.29 Å². The van der Waals surface area contributed by atoms with Crippen LogP contribution in [0.4, 0.5) is 5.69 Å². The fourth-order valence-corrected chi connectivity index (χ4v) is 4.37. The van der Waals surface area contributed by atoms with Crippen molar-refractivity contribution >= 4 is 15.7 Å². The number of hydrogen-bond donors (Lipinski definition) is 1. The third kappa shape index (κ3) is 3.55. The second kappa shape index (κ2) is 6.75. The van der Waals surface area contributed by atoms with Crippen LogP contribution in [0.1, 0.15) is 33.6 Å². The van der Waals surface area contributed by atoms with Crippen LogP contribution in [0.25, 0.3) is 0 Å². The lowest BCUT2D eigenvalue weighted by Crippen LogP contribution is -2.40. The number of pyridine rings is 1. The number of rotatable bonds is 5. The van der Waals surface area contributed by atoms with Crippen LogP contribution in [0.3, 0.4) is 0 Å². The predicted molar refractivity (Wildman–Crippen MR) is 84.7 cm³/mol. The van der Waals surface area contributed by atoms with Crippen molar-refractivity contribution in [2.75, 3.05) is 25.0 Å². The molecule has 118 valence electrons. The maximum Gasteiger partial charge on any atom is 0.262 e. The highest BCUT2D eigenvalue weighted by molar-refractivity contribution is 7.89. The van der Waals surface area contributed by atoms with E-state index in [2.05, 4.69) is 24.1 Å². The average molecular weight is 311 g/mol. The van der Waals surface area contributed by atoms with Gasteiger partial charge in [0.25, 0.3) is 10.0 Å². The van der Waals surface area contributed by atoms with E-state index in [9.17, 15) is 8.42 Å². The molecular weight excluding hydrogens is 286 g/mol.